The highest BCUT2D eigenvalue weighted by Crippen LogP contribution is 2.22. The molecule has 1 aromatic carbocycles. The number of benzene rings is 1. The van der Waals surface area contributed by atoms with Crippen LogP contribution in [0.15, 0.2) is 18.2 Å². The van der Waals surface area contributed by atoms with Crippen LogP contribution >= 0.6 is 0 Å². The van der Waals surface area contributed by atoms with Crippen molar-refractivity contribution in [2.45, 2.75) is 20.3 Å². The summed E-state index contributed by atoms with van der Waals surface area (Å²) in [4.78, 5) is 25.4. The maximum absolute atomic E-state index is 12.3. The van der Waals surface area contributed by atoms with Gasteiger partial charge in [-0.05, 0) is 19.1 Å². The predicted molar refractivity (Wildman–Crippen MR) is 67.5 cm³/mol. The van der Waals surface area contributed by atoms with Gasteiger partial charge in [-0.15, -0.1) is 0 Å². The second-order valence-electron chi connectivity index (χ2n) is 4.89. The number of carbonyl (C=O) groups is 2. The van der Waals surface area contributed by atoms with Crippen molar-refractivity contribution in [2.75, 3.05) is 13.1 Å². The Morgan fingerprint density at radius 2 is 2.17 bits per heavy atom. The van der Waals surface area contributed by atoms with E-state index in [1.54, 1.807) is 17.0 Å². The number of piperidine rings is 1. The largest absolute Gasteiger partial charge is 0.507 e. The SMILES string of the molecule is Cc1ccc(O)c(C(=O)N2CCC(=O)C(C)C2)c1. The Balaban J connectivity index is 2.21. The van der Waals surface area contributed by atoms with E-state index < -0.39 is 0 Å². The lowest BCUT2D eigenvalue weighted by Gasteiger charge is -2.30. The van der Waals surface area contributed by atoms with Crippen LogP contribution in [0, 0.1) is 12.8 Å². The lowest BCUT2D eigenvalue weighted by molar-refractivity contribution is -0.124. The predicted octanol–water partition coefficient (Wildman–Crippen LogP) is 1.75. The number of phenols is 1. The first-order chi connectivity index (χ1) is 8.49. The highest BCUT2D eigenvalue weighted by Gasteiger charge is 2.28. The van der Waals surface area contributed by atoms with E-state index in [9.17, 15) is 14.7 Å². The first-order valence-electron chi connectivity index (χ1n) is 6.10. The van der Waals surface area contributed by atoms with Gasteiger partial charge in [0.15, 0.2) is 0 Å². The number of nitrogens with zero attached hydrogens (tertiary/aromatic N) is 1. The Bertz CT molecular complexity index is 496. The van der Waals surface area contributed by atoms with Crippen LogP contribution in [-0.4, -0.2) is 34.8 Å². The average Bonchev–Trinajstić information content (AvgIpc) is 2.35. The van der Waals surface area contributed by atoms with E-state index in [1.165, 1.54) is 6.07 Å². The van der Waals surface area contributed by atoms with Crippen LogP contribution in [0.1, 0.15) is 29.3 Å². The van der Waals surface area contributed by atoms with E-state index in [2.05, 4.69) is 0 Å². The maximum atomic E-state index is 12.3. The molecule has 0 spiro atoms. The van der Waals surface area contributed by atoms with Crippen LogP contribution < -0.4 is 0 Å². The van der Waals surface area contributed by atoms with Crippen LogP contribution in [0.25, 0.3) is 0 Å². The molecule has 0 radical (unpaired) electrons. The van der Waals surface area contributed by atoms with Gasteiger partial charge in [-0.25, -0.2) is 0 Å². The van der Waals surface area contributed by atoms with Gasteiger partial charge in [0.1, 0.15) is 11.5 Å². The summed E-state index contributed by atoms with van der Waals surface area (Å²) in [5.41, 5.74) is 1.24. The Kier molecular flexibility index (Phi) is 3.36. The van der Waals surface area contributed by atoms with Gasteiger partial charge in [0.05, 0.1) is 5.56 Å². The molecule has 4 nitrogen and oxygen atoms in total. The molecule has 4 heteroatoms. The zero-order valence-electron chi connectivity index (χ0n) is 10.6. The van der Waals surface area contributed by atoms with E-state index in [4.69, 9.17) is 0 Å². The van der Waals surface area contributed by atoms with Crippen LogP contribution in [0.2, 0.25) is 0 Å². The summed E-state index contributed by atoms with van der Waals surface area (Å²) in [6, 6.07) is 4.97. The fourth-order valence-electron chi connectivity index (χ4n) is 2.19. The van der Waals surface area contributed by atoms with Crippen molar-refractivity contribution < 1.29 is 14.7 Å². The van der Waals surface area contributed by atoms with E-state index >= 15 is 0 Å². The van der Waals surface area contributed by atoms with Gasteiger partial charge in [-0.2, -0.15) is 0 Å². The third kappa shape index (κ3) is 2.37. The van der Waals surface area contributed by atoms with Gasteiger partial charge in [-0.1, -0.05) is 18.6 Å². The number of aromatic hydroxyl groups is 1. The number of phenolic OH excluding ortho intramolecular Hbond substituents is 1. The minimum Gasteiger partial charge on any atom is -0.507 e. The fraction of sp³-hybridized carbons (Fsp3) is 0.429. The first kappa shape index (κ1) is 12.6. The normalized spacial score (nSPS) is 20.0. The second kappa shape index (κ2) is 4.80. The summed E-state index contributed by atoms with van der Waals surface area (Å²) in [5, 5.41) is 9.74. The van der Waals surface area contributed by atoms with E-state index in [0.717, 1.165) is 5.56 Å². The highest BCUT2D eigenvalue weighted by molar-refractivity contribution is 5.98. The number of hydrogen-bond acceptors (Lipinski definition) is 3. The highest BCUT2D eigenvalue weighted by atomic mass is 16.3. The monoisotopic (exact) mass is 247 g/mol. The Hall–Kier alpha value is -1.84. The Morgan fingerprint density at radius 1 is 1.44 bits per heavy atom. The van der Waals surface area contributed by atoms with Crippen molar-refractivity contribution in [1.29, 1.82) is 0 Å². The summed E-state index contributed by atoms with van der Waals surface area (Å²) in [7, 11) is 0. The fourth-order valence-corrected chi connectivity index (χ4v) is 2.19. The van der Waals surface area contributed by atoms with E-state index in [0.29, 0.717) is 25.1 Å². The molecule has 1 N–H and O–H groups in total. The lowest BCUT2D eigenvalue weighted by atomic mass is 9.97. The van der Waals surface area contributed by atoms with Crippen molar-refractivity contribution in [3.05, 3.63) is 29.3 Å². The van der Waals surface area contributed by atoms with Gasteiger partial charge in [-0.3, -0.25) is 9.59 Å². The molecule has 0 bridgehead atoms. The molecule has 1 amide bonds. The molecular weight excluding hydrogens is 230 g/mol. The van der Waals surface area contributed by atoms with Crippen molar-refractivity contribution in [1.82, 2.24) is 4.90 Å². The maximum Gasteiger partial charge on any atom is 0.257 e. The number of rotatable bonds is 1. The molecule has 1 aliphatic rings. The molecular formula is C14H17NO3. The van der Waals surface area contributed by atoms with Crippen LogP contribution in [0.5, 0.6) is 5.75 Å². The number of hydrogen-bond donors (Lipinski definition) is 1. The standard InChI is InChI=1S/C14H17NO3/c1-9-3-4-13(17)11(7-9)14(18)15-6-5-12(16)10(2)8-15/h3-4,7,10,17H,5-6,8H2,1-2H3. The van der Waals surface area contributed by atoms with Crippen molar-refractivity contribution in [2.24, 2.45) is 5.92 Å². The molecule has 1 aliphatic heterocycles. The number of aryl methyl sites for hydroxylation is 1. The third-order valence-electron chi connectivity index (χ3n) is 3.34. The summed E-state index contributed by atoms with van der Waals surface area (Å²) in [6.07, 6.45) is 0.402. The summed E-state index contributed by atoms with van der Waals surface area (Å²) in [6.45, 7) is 4.58. The molecule has 2 rings (SSSR count). The molecule has 1 aromatic rings. The summed E-state index contributed by atoms with van der Waals surface area (Å²) >= 11 is 0. The zero-order valence-corrected chi connectivity index (χ0v) is 10.6. The van der Waals surface area contributed by atoms with Gasteiger partial charge in [0.25, 0.3) is 5.91 Å². The van der Waals surface area contributed by atoms with Gasteiger partial charge in [0, 0.05) is 25.4 Å². The second-order valence-corrected chi connectivity index (χ2v) is 4.89. The number of ketones is 1. The first-order valence-corrected chi connectivity index (χ1v) is 6.10. The molecule has 1 heterocycles. The van der Waals surface area contributed by atoms with Gasteiger partial charge < -0.3 is 10.0 Å². The molecule has 0 saturated carbocycles. The molecule has 1 fully saturated rings. The smallest absolute Gasteiger partial charge is 0.257 e. The van der Waals surface area contributed by atoms with E-state index in [-0.39, 0.29) is 23.4 Å². The number of Topliss-reactive ketones (excluding diaryl/α,β-unsaturated/α-hetero) is 1. The quantitative estimate of drug-likeness (QED) is 0.822. The number of likely N-dealkylation sites (tertiary alicyclic amines) is 1. The molecule has 1 unspecified atom stereocenters. The third-order valence-corrected chi connectivity index (χ3v) is 3.34. The summed E-state index contributed by atoms with van der Waals surface area (Å²) < 4.78 is 0. The van der Waals surface area contributed by atoms with Crippen molar-refractivity contribution in [3.63, 3.8) is 0 Å². The van der Waals surface area contributed by atoms with Crippen molar-refractivity contribution in [3.8, 4) is 5.75 Å². The zero-order chi connectivity index (χ0) is 13.3. The molecule has 18 heavy (non-hydrogen) atoms. The van der Waals surface area contributed by atoms with Crippen molar-refractivity contribution >= 4 is 11.7 Å². The molecule has 0 aliphatic carbocycles. The van der Waals surface area contributed by atoms with Gasteiger partial charge >= 0.3 is 0 Å². The van der Waals surface area contributed by atoms with E-state index in [1.807, 2.05) is 13.8 Å². The van der Waals surface area contributed by atoms with Crippen LogP contribution in [0.4, 0.5) is 0 Å². The molecule has 96 valence electrons. The van der Waals surface area contributed by atoms with Crippen LogP contribution in [-0.2, 0) is 4.79 Å². The van der Waals surface area contributed by atoms with Gasteiger partial charge in [0.2, 0.25) is 0 Å². The average molecular weight is 247 g/mol. The number of carbonyl (C=O) groups excluding carboxylic acids is 2. The Labute approximate surface area is 106 Å². The summed E-state index contributed by atoms with van der Waals surface area (Å²) in [5.74, 6) is -0.118. The molecule has 1 atom stereocenters. The topological polar surface area (TPSA) is 57.6 Å². The molecule has 1 saturated heterocycles. The van der Waals surface area contributed by atoms with Crippen LogP contribution in [0.3, 0.4) is 0 Å². The number of amides is 1. The minimum atomic E-state index is -0.199. The lowest BCUT2D eigenvalue weighted by Crippen LogP contribution is -2.43. The minimum absolute atomic E-state index is 0.00449. The Morgan fingerprint density at radius 3 is 2.83 bits per heavy atom. The molecule has 0 aromatic heterocycles.